The summed E-state index contributed by atoms with van der Waals surface area (Å²) in [6.45, 7) is 9.70. The lowest BCUT2D eigenvalue weighted by Gasteiger charge is -2.34. The van der Waals surface area contributed by atoms with Crippen molar-refractivity contribution in [2.45, 2.75) is 78.6 Å². The second-order valence-electron chi connectivity index (χ2n) is 11.0. The van der Waals surface area contributed by atoms with Gasteiger partial charge in [0.25, 0.3) is 0 Å². The molecule has 1 atom stereocenters. The van der Waals surface area contributed by atoms with Gasteiger partial charge in [0, 0.05) is 59.7 Å². The smallest absolute Gasteiger partial charge is 0.144 e. The van der Waals surface area contributed by atoms with Gasteiger partial charge in [-0.1, -0.05) is 38.5 Å². The van der Waals surface area contributed by atoms with E-state index < -0.39 is 0 Å². The number of aryl methyl sites for hydroxylation is 1. The Labute approximate surface area is 274 Å². The van der Waals surface area contributed by atoms with Crippen molar-refractivity contribution < 1.29 is 23.1 Å². The van der Waals surface area contributed by atoms with Crippen molar-refractivity contribution in [1.29, 1.82) is 0 Å². The third kappa shape index (κ3) is 34.2. The van der Waals surface area contributed by atoms with Crippen molar-refractivity contribution in [3.05, 3.63) is 23.6 Å². The zero-order valence-corrected chi connectivity index (χ0v) is 29.8. The van der Waals surface area contributed by atoms with Crippen LogP contribution in [0, 0.1) is 30.5 Å². The molecule has 9 nitrogen and oxygen atoms in total. The van der Waals surface area contributed by atoms with Gasteiger partial charge in [-0.15, -0.1) is 21.9 Å². The summed E-state index contributed by atoms with van der Waals surface area (Å²) in [5.41, 5.74) is 6.09. The largest absolute Gasteiger partial charge is 0.384 e. The van der Waals surface area contributed by atoms with Crippen molar-refractivity contribution in [3.8, 4) is 12.3 Å². The molecule has 1 aliphatic carbocycles. The van der Waals surface area contributed by atoms with Gasteiger partial charge < -0.3 is 24.8 Å². The number of aliphatic imine (C=N–C) groups is 2. The molecule has 0 radical (unpaired) electrons. The number of hydrogen-bond acceptors (Lipinski definition) is 8. The lowest BCUT2D eigenvalue weighted by Crippen LogP contribution is -2.37. The minimum Gasteiger partial charge on any atom is -0.384 e. The standard InChI is InChI=1S/C11H23NO2.C6H7FN2.C6H12.C4H10FNO.C4H8N2.C3H4/c1-12(2)9-11(10-13-3)5-4-7-14-8-6-11;1-4-2-6(8)9-3-5(4)7;1-2-4-6-5-3-1;1-6(5)3-4-7-2;1-3-6-4-5-2;1-3-2/h4-10H2,1-3H3;2-3H,1H3,(H2,8,9);1-6H2;3-4H2,1-2H3;3-4H,1-2H3;1H,2H3. The Kier molecular flexibility index (Phi) is 35.9. The molecular formula is C34H64F2N6O3. The maximum absolute atomic E-state index is 12.4. The first kappa shape index (κ1) is 46.9. The van der Waals surface area contributed by atoms with Crippen LogP contribution in [0.3, 0.4) is 0 Å². The molecule has 0 amide bonds. The van der Waals surface area contributed by atoms with E-state index >= 15 is 0 Å². The van der Waals surface area contributed by atoms with Crippen LogP contribution in [0.5, 0.6) is 0 Å². The Balaban J connectivity index is -0.000000499. The zero-order valence-electron chi connectivity index (χ0n) is 29.8. The number of nitrogen functional groups attached to an aromatic ring is 1. The lowest BCUT2D eigenvalue weighted by molar-refractivity contribution is 0.0300. The van der Waals surface area contributed by atoms with Crippen molar-refractivity contribution in [2.24, 2.45) is 15.4 Å². The van der Waals surface area contributed by atoms with Crippen molar-refractivity contribution >= 4 is 18.4 Å². The molecule has 3 rings (SSSR count). The van der Waals surface area contributed by atoms with Gasteiger partial charge in [-0.05, 0) is 65.8 Å². The van der Waals surface area contributed by atoms with E-state index in [-0.39, 0.29) is 5.82 Å². The molecule has 0 bridgehead atoms. The second-order valence-corrected chi connectivity index (χ2v) is 11.0. The number of hydrogen-bond donors (Lipinski definition) is 1. The van der Waals surface area contributed by atoms with E-state index in [0.717, 1.165) is 45.4 Å². The molecule has 0 aromatic carbocycles. The Morgan fingerprint density at radius 3 is 2.02 bits per heavy atom. The Morgan fingerprint density at radius 1 is 1.09 bits per heavy atom. The minimum absolute atomic E-state index is 0.314. The first-order chi connectivity index (χ1) is 21.5. The summed E-state index contributed by atoms with van der Waals surface area (Å²) in [4.78, 5) is 13.1. The highest BCUT2D eigenvalue weighted by Gasteiger charge is 2.31. The monoisotopic (exact) mass is 643 g/mol. The summed E-state index contributed by atoms with van der Waals surface area (Å²) in [7, 11) is 10.6. The van der Waals surface area contributed by atoms with Crippen molar-refractivity contribution in [1.82, 2.24) is 15.0 Å². The third-order valence-corrected chi connectivity index (χ3v) is 6.38. The number of ether oxygens (including phenoxy) is 3. The number of anilines is 1. The van der Waals surface area contributed by atoms with Crippen LogP contribution in [-0.2, 0) is 14.2 Å². The molecule has 1 aromatic heterocycles. The first-order valence-corrected chi connectivity index (χ1v) is 15.7. The predicted molar refractivity (Wildman–Crippen MR) is 187 cm³/mol. The average Bonchev–Trinajstić information content (AvgIpc) is 3.24. The van der Waals surface area contributed by atoms with E-state index in [4.69, 9.17) is 15.2 Å². The highest BCUT2D eigenvalue weighted by molar-refractivity contribution is 5.70. The van der Waals surface area contributed by atoms with Crippen LogP contribution >= 0.6 is 0 Å². The summed E-state index contributed by atoms with van der Waals surface area (Å²) < 4.78 is 39.5. The summed E-state index contributed by atoms with van der Waals surface area (Å²) in [5, 5.41) is 0.587. The molecule has 2 aliphatic rings. The number of nitrogens with two attached hydrogens (primary N) is 1. The molecule has 0 spiro atoms. The van der Waals surface area contributed by atoms with Gasteiger partial charge in [0.15, 0.2) is 0 Å². The van der Waals surface area contributed by atoms with Crippen molar-refractivity contribution in [2.75, 3.05) is 87.7 Å². The Bertz CT molecular complexity index is 846. The molecule has 262 valence electrons. The number of halogens is 2. The van der Waals surface area contributed by atoms with Gasteiger partial charge in [-0.3, -0.25) is 9.98 Å². The predicted octanol–water partition coefficient (Wildman–Crippen LogP) is 6.66. The molecule has 1 saturated carbocycles. The van der Waals surface area contributed by atoms with Crippen LogP contribution in [0.15, 0.2) is 22.2 Å². The molecule has 1 aliphatic heterocycles. The second kappa shape index (κ2) is 34.4. The van der Waals surface area contributed by atoms with E-state index in [9.17, 15) is 8.87 Å². The number of methoxy groups -OCH3 is 2. The minimum atomic E-state index is -0.316. The number of aromatic nitrogens is 1. The number of terminal acetylenes is 1. The fourth-order valence-corrected chi connectivity index (χ4v) is 4.36. The van der Waals surface area contributed by atoms with Gasteiger partial charge >= 0.3 is 0 Å². The number of nitrogens with zero attached hydrogens (tertiary/aromatic N) is 5. The van der Waals surface area contributed by atoms with E-state index in [1.807, 2.05) is 6.92 Å². The number of pyridine rings is 1. The maximum atomic E-state index is 12.4. The normalized spacial score (nSPS) is 17.5. The third-order valence-electron chi connectivity index (χ3n) is 6.38. The van der Waals surface area contributed by atoms with E-state index in [0.29, 0.717) is 35.1 Å². The van der Waals surface area contributed by atoms with E-state index in [1.54, 1.807) is 41.3 Å². The summed E-state index contributed by atoms with van der Waals surface area (Å²) >= 11 is 0. The van der Waals surface area contributed by atoms with E-state index in [1.165, 1.54) is 64.4 Å². The zero-order chi connectivity index (χ0) is 34.8. The van der Waals surface area contributed by atoms with Crippen LogP contribution in [0.1, 0.15) is 77.2 Å². The molecule has 11 heteroatoms. The quantitative estimate of drug-likeness (QED) is 0.147. The fraction of sp³-hybridized carbons (Fsp3) is 0.735. The molecule has 2 N–H and O–H groups in total. The van der Waals surface area contributed by atoms with Gasteiger partial charge in [-0.2, -0.15) is 0 Å². The fourth-order valence-electron chi connectivity index (χ4n) is 4.36. The molecule has 1 saturated heterocycles. The van der Waals surface area contributed by atoms with Gasteiger partial charge in [0.05, 0.1) is 26.0 Å². The highest BCUT2D eigenvalue weighted by atomic mass is 19.2. The molecule has 1 unspecified atom stereocenters. The number of likely N-dealkylation sites (N-methyl/N-ethyl adjacent to an activating group) is 1. The number of rotatable bonds is 8. The molecular weight excluding hydrogens is 578 g/mol. The molecule has 1 aromatic rings. The van der Waals surface area contributed by atoms with Gasteiger partial charge in [-0.25, -0.2) is 9.37 Å². The lowest BCUT2D eigenvalue weighted by atomic mass is 9.81. The first-order valence-electron chi connectivity index (χ1n) is 15.7. The average molecular weight is 643 g/mol. The van der Waals surface area contributed by atoms with Crippen LogP contribution < -0.4 is 5.73 Å². The summed E-state index contributed by atoms with van der Waals surface area (Å²) in [6.07, 6.45) is 21.4. The van der Waals surface area contributed by atoms with Crippen LogP contribution in [0.4, 0.5) is 14.7 Å². The molecule has 2 heterocycles. The summed E-state index contributed by atoms with van der Waals surface area (Å²) in [5.74, 6) is 2.29. The van der Waals surface area contributed by atoms with Crippen LogP contribution in [-0.4, -0.2) is 109 Å². The highest BCUT2D eigenvalue weighted by Crippen LogP contribution is 2.31. The maximum Gasteiger partial charge on any atom is 0.144 e. The van der Waals surface area contributed by atoms with Crippen LogP contribution in [0.25, 0.3) is 0 Å². The molecule has 45 heavy (non-hydrogen) atoms. The molecule has 2 fully saturated rings. The van der Waals surface area contributed by atoms with Crippen molar-refractivity contribution in [3.63, 3.8) is 0 Å². The SMILES string of the molecule is C#CC.C1CCCCC1.CC=NC=NC.COCC1(CN(C)C)CCCOCC1.COCCN(C)F.Cc1cc(N)ncc1F. The topological polar surface area (TPSA) is 97.8 Å². The summed E-state index contributed by atoms with van der Waals surface area (Å²) in [6, 6.07) is 1.50. The van der Waals surface area contributed by atoms with E-state index in [2.05, 4.69) is 51.0 Å². The van der Waals surface area contributed by atoms with Gasteiger partial charge in [0.2, 0.25) is 0 Å². The Hall–Kier alpha value is -2.49. The van der Waals surface area contributed by atoms with Crippen LogP contribution in [0.2, 0.25) is 0 Å². The Morgan fingerprint density at radius 2 is 1.67 bits per heavy atom. The van der Waals surface area contributed by atoms with Gasteiger partial charge in [0.1, 0.15) is 18.0 Å².